The molecule has 1 rings (SSSR count). The van der Waals surface area contributed by atoms with Crippen molar-refractivity contribution in [3.8, 4) is 0 Å². The Hall–Kier alpha value is -1.26. The largest absolute Gasteiger partial charge is 0.481 e. The number of carbonyl (C=O) groups excluding carboxylic acids is 1. The van der Waals surface area contributed by atoms with Crippen LogP contribution >= 0.6 is 0 Å². The highest BCUT2D eigenvalue weighted by atomic mass is 16.4. The minimum atomic E-state index is -0.858. The zero-order valence-electron chi connectivity index (χ0n) is 11.2. The summed E-state index contributed by atoms with van der Waals surface area (Å²) in [7, 11) is 0. The first-order valence-electron chi connectivity index (χ1n) is 6.83. The maximum Gasteiger partial charge on any atom is 0.315 e. The van der Waals surface area contributed by atoms with E-state index >= 15 is 0 Å². The minimum absolute atomic E-state index is 0.192. The predicted octanol–water partition coefficient (Wildman–Crippen LogP) is 1.98. The molecular weight excluding hydrogens is 232 g/mol. The van der Waals surface area contributed by atoms with Crippen LogP contribution in [0.25, 0.3) is 0 Å². The molecule has 2 atom stereocenters. The number of carbonyl (C=O) groups is 2. The van der Waals surface area contributed by atoms with Crippen molar-refractivity contribution in [2.45, 2.75) is 52.0 Å². The highest BCUT2D eigenvalue weighted by Crippen LogP contribution is 2.33. The van der Waals surface area contributed by atoms with Crippen molar-refractivity contribution in [3.05, 3.63) is 0 Å². The quantitative estimate of drug-likeness (QED) is 0.621. The molecule has 1 saturated carbocycles. The highest BCUT2D eigenvalue weighted by Gasteiger charge is 2.25. The van der Waals surface area contributed by atoms with Gasteiger partial charge in [0.1, 0.15) is 0 Å². The number of rotatable bonds is 8. The Bertz CT molecular complexity index is 290. The molecule has 5 nitrogen and oxygen atoms in total. The fourth-order valence-corrected chi connectivity index (χ4v) is 1.94. The van der Waals surface area contributed by atoms with Gasteiger partial charge in [-0.2, -0.15) is 0 Å². The predicted molar refractivity (Wildman–Crippen MR) is 69.4 cm³/mol. The number of carboxylic acid groups (broad SMARTS) is 1. The minimum Gasteiger partial charge on any atom is -0.481 e. The fraction of sp³-hybridized carbons (Fsp3) is 0.846. The number of amides is 2. The number of carboxylic acids is 1. The van der Waals surface area contributed by atoms with Gasteiger partial charge in [0.15, 0.2) is 0 Å². The molecule has 0 aromatic heterocycles. The van der Waals surface area contributed by atoms with Gasteiger partial charge in [-0.15, -0.1) is 0 Å². The molecule has 1 fully saturated rings. The van der Waals surface area contributed by atoms with Gasteiger partial charge in [-0.1, -0.05) is 26.7 Å². The first kappa shape index (κ1) is 14.8. The van der Waals surface area contributed by atoms with E-state index in [1.165, 1.54) is 12.8 Å². The molecule has 3 N–H and O–H groups in total. The van der Waals surface area contributed by atoms with E-state index in [0.717, 1.165) is 18.8 Å². The van der Waals surface area contributed by atoms with Gasteiger partial charge < -0.3 is 15.7 Å². The molecule has 0 aliphatic heterocycles. The van der Waals surface area contributed by atoms with Crippen LogP contribution in [-0.4, -0.2) is 29.7 Å². The average Bonchev–Trinajstić information content (AvgIpc) is 3.12. The second-order valence-electron chi connectivity index (χ2n) is 5.08. The third kappa shape index (κ3) is 5.38. The van der Waals surface area contributed by atoms with Crippen molar-refractivity contribution in [3.63, 3.8) is 0 Å². The molecule has 1 aliphatic rings. The van der Waals surface area contributed by atoms with Crippen molar-refractivity contribution in [2.75, 3.05) is 6.54 Å². The van der Waals surface area contributed by atoms with E-state index in [1.54, 1.807) is 6.92 Å². The summed E-state index contributed by atoms with van der Waals surface area (Å²) in [6.07, 6.45) is 5.03. The molecule has 0 bridgehead atoms. The Morgan fingerprint density at radius 3 is 2.39 bits per heavy atom. The summed E-state index contributed by atoms with van der Waals surface area (Å²) in [4.78, 5) is 22.4. The molecule has 104 valence electrons. The van der Waals surface area contributed by atoms with Gasteiger partial charge >= 0.3 is 12.0 Å². The molecule has 2 unspecified atom stereocenters. The molecule has 0 aromatic rings. The lowest BCUT2D eigenvalue weighted by Gasteiger charge is -2.18. The van der Waals surface area contributed by atoms with Gasteiger partial charge in [0.05, 0.1) is 5.92 Å². The topological polar surface area (TPSA) is 78.4 Å². The number of nitrogens with one attached hydrogen (secondary N) is 2. The maximum atomic E-state index is 11.6. The Morgan fingerprint density at radius 1 is 1.28 bits per heavy atom. The smallest absolute Gasteiger partial charge is 0.315 e. The van der Waals surface area contributed by atoms with Crippen LogP contribution in [-0.2, 0) is 4.79 Å². The van der Waals surface area contributed by atoms with Crippen molar-refractivity contribution in [1.29, 1.82) is 0 Å². The first-order valence-corrected chi connectivity index (χ1v) is 6.83. The standard InChI is InChI=1S/C13H24N2O3/c1-3-10(12(16)17)8-14-13(18)15-11(4-2)7-9-5-6-9/h9-11H,3-8H2,1-2H3,(H,16,17)(H2,14,15,18). The van der Waals surface area contributed by atoms with Crippen molar-refractivity contribution < 1.29 is 14.7 Å². The molecule has 0 heterocycles. The number of urea groups is 1. The van der Waals surface area contributed by atoms with Crippen LogP contribution in [0.2, 0.25) is 0 Å². The van der Waals surface area contributed by atoms with Crippen LogP contribution in [0.1, 0.15) is 46.0 Å². The van der Waals surface area contributed by atoms with Crippen LogP contribution in [0, 0.1) is 11.8 Å². The lowest BCUT2D eigenvalue weighted by atomic mass is 10.1. The number of hydrogen-bond donors (Lipinski definition) is 3. The monoisotopic (exact) mass is 256 g/mol. The Balaban J connectivity index is 2.24. The Morgan fingerprint density at radius 2 is 1.94 bits per heavy atom. The van der Waals surface area contributed by atoms with Crippen LogP contribution in [0.3, 0.4) is 0 Å². The lowest BCUT2D eigenvalue weighted by molar-refractivity contribution is -0.141. The summed E-state index contributed by atoms with van der Waals surface area (Å²) in [5.74, 6) is -0.584. The maximum absolute atomic E-state index is 11.6. The summed E-state index contributed by atoms with van der Waals surface area (Å²) in [6.45, 7) is 4.05. The zero-order chi connectivity index (χ0) is 13.5. The van der Waals surface area contributed by atoms with Gasteiger partial charge in [-0.3, -0.25) is 4.79 Å². The van der Waals surface area contributed by atoms with E-state index in [1.807, 2.05) is 0 Å². The Kier molecular flexibility index (Phi) is 5.95. The lowest BCUT2D eigenvalue weighted by Crippen LogP contribution is -2.44. The normalized spacial score (nSPS) is 17.9. The summed E-state index contributed by atoms with van der Waals surface area (Å²) in [5, 5.41) is 14.4. The second-order valence-corrected chi connectivity index (χ2v) is 5.08. The molecule has 0 saturated heterocycles. The van der Waals surface area contributed by atoms with Gasteiger partial charge in [0, 0.05) is 12.6 Å². The Labute approximate surface area is 108 Å². The van der Waals surface area contributed by atoms with Crippen LogP contribution in [0.15, 0.2) is 0 Å². The van der Waals surface area contributed by atoms with Crippen molar-refractivity contribution >= 4 is 12.0 Å². The van der Waals surface area contributed by atoms with Gasteiger partial charge in [-0.05, 0) is 25.2 Å². The van der Waals surface area contributed by atoms with Gasteiger partial charge in [0.2, 0.25) is 0 Å². The van der Waals surface area contributed by atoms with E-state index in [9.17, 15) is 9.59 Å². The third-order valence-electron chi connectivity index (χ3n) is 3.49. The summed E-state index contributed by atoms with van der Waals surface area (Å²) in [6, 6.07) is -0.0374. The second kappa shape index (κ2) is 7.24. The zero-order valence-corrected chi connectivity index (χ0v) is 11.2. The molecule has 2 amide bonds. The first-order chi connectivity index (χ1) is 8.56. The summed E-state index contributed by atoms with van der Waals surface area (Å²) < 4.78 is 0. The molecular formula is C13H24N2O3. The molecule has 1 aliphatic carbocycles. The number of aliphatic carboxylic acids is 1. The van der Waals surface area contributed by atoms with Crippen LogP contribution in [0.4, 0.5) is 4.79 Å². The fourth-order valence-electron chi connectivity index (χ4n) is 1.94. The van der Waals surface area contributed by atoms with Crippen LogP contribution < -0.4 is 10.6 Å². The van der Waals surface area contributed by atoms with E-state index in [-0.39, 0.29) is 18.6 Å². The third-order valence-corrected chi connectivity index (χ3v) is 3.49. The van der Waals surface area contributed by atoms with Gasteiger partial charge in [0.25, 0.3) is 0 Å². The van der Waals surface area contributed by atoms with Crippen molar-refractivity contribution in [2.24, 2.45) is 11.8 Å². The number of hydrogen-bond acceptors (Lipinski definition) is 2. The average molecular weight is 256 g/mol. The van der Waals surface area contributed by atoms with E-state index in [2.05, 4.69) is 17.6 Å². The van der Waals surface area contributed by atoms with Crippen LogP contribution in [0.5, 0.6) is 0 Å². The van der Waals surface area contributed by atoms with E-state index in [4.69, 9.17) is 5.11 Å². The molecule has 18 heavy (non-hydrogen) atoms. The van der Waals surface area contributed by atoms with E-state index < -0.39 is 11.9 Å². The molecule has 5 heteroatoms. The van der Waals surface area contributed by atoms with Gasteiger partial charge in [-0.25, -0.2) is 4.79 Å². The highest BCUT2D eigenvalue weighted by molar-refractivity contribution is 5.76. The summed E-state index contributed by atoms with van der Waals surface area (Å²) >= 11 is 0. The molecule has 0 spiro atoms. The van der Waals surface area contributed by atoms with Crippen molar-refractivity contribution in [1.82, 2.24) is 10.6 Å². The summed E-state index contributed by atoms with van der Waals surface area (Å²) in [5.41, 5.74) is 0. The van der Waals surface area contributed by atoms with E-state index in [0.29, 0.717) is 6.42 Å². The molecule has 0 radical (unpaired) electrons. The SMILES string of the molecule is CCC(CC1CC1)NC(=O)NCC(CC)C(=O)O. The molecule has 0 aromatic carbocycles.